The van der Waals surface area contributed by atoms with Gasteiger partial charge in [-0.2, -0.15) is 0 Å². The molecule has 0 amide bonds. The van der Waals surface area contributed by atoms with E-state index in [4.69, 9.17) is 24.7 Å². The molecular formula is C28H38N2O5. The summed E-state index contributed by atoms with van der Waals surface area (Å²) in [5, 5.41) is 0. The van der Waals surface area contributed by atoms with Crippen molar-refractivity contribution in [3.05, 3.63) is 23.3 Å². The summed E-state index contributed by atoms with van der Waals surface area (Å²) in [5.74, 6) is 2.35. The Morgan fingerprint density at radius 3 is 2.80 bits per heavy atom. The molecule has 5 fully saturated rings. The fourth-order valence-corrected chi connectivity index (χ4v) is 9.21. The van der Waals surface area contributed by atoms with Crippen LogP contribution in [0.25, 0.3) is 0 Å². The molecule has 1 saturated heterocycles. The molecule has 5 aliphatic carbocycles. The van der Waals surface area contributed by atoms with Crippen molar-refractivity contribution in [3.8, 4) is 11.5 Å². The Hall–Kier alpha value is -1.83. The molecule has 1 aromatic carbocycles. The number of ether oxygens (including phenoxy) is 4. The molecule has 7 nitrogen and oxygen atoms in total. The van der Waals surface area contributed by atoms with Crippen LogP contribution >= 0.6 is 0 Å². The third-order valence-electron chi connectivity index (χ3n) is 10.8. The van der Waals surface area contributed by atoms with Crippen LogP contribution in [0.3, 0.4) is 0 Å². The third-order valence-corrected chi connectivity index (χ3v) is 10.8. The van der Waals surface area contributed by atoms with Crippen molar-refractivity contribution in [2.24, 2.45) is 23.0 Å². The van der Waals surface area contributed by atoms with Crippen molar-refractivity contribution in [1.29, 1.82) is 0 Å². The highest BCUT2D eigenvalue weighted by Crippen LogP contribution is 2.76. The number of methoxy groups -OCH3 is 2. The van der Waals surface area contributed by atoms with Gasteiger partial charge in [-0.15, -0.1) is 0 Å². The SMILES string of the molecule is COc1ccc2c3c1O[C@H]1[C@@]4(OC)CC[C@@]5(C[C@@H]4COC(=O)C(C)N)[C@@H](C2)N(CC2CC2)CC[C@]315. The molecule has 190 valence electrons. The predicted molar refractivity (Wildman–Crippen MR) is 130 cm³/mol. The van der Waals surface area contributed by atoms with Gasteiger partial charge in [-0.25, -0.2) is 0 Å². The fraction of sp³-hybridized carbons (Fsp3) is 0.750. The first kappa shape index (κ1) is 22.4. The zero-order chi connectivity index (χ0) is 24.2. The van der Waals surface area contributed by atoms with E-state index in [0.29, 0.717) is 12.6 Å². The number of rotatable bonds is 7. The predicted octanol–water partition coefficient (Wildman–Crippen LogP) is 2.81. The molecule has 1 unspecified atom stereocenters. The minimum absolute atomic E-state index is 0.0762. The molecule has 2 aliphatic heterocycles. The van der Waals surface area contributed by atoms with Crippen molar-refractivity contribution in [1.82, 2.24) is 4.90 Å². The molecule has 8 rings (SSSR count). The summed E-state index contributed by atoms with van der Waals surface area (Å²) in [5.41, 5.74) is 8.16. The number of likely N-dealkylation sites (tertiary alicyclic amines) is 1. The Morgan fingerprint density at radius 1 is 1.26 bits per heavy atom. The van der Waals surface area contributed by atoms with Crippen LogP contribution in [0.15, 0.2) is 12.1 Å². The van der Waals surface area contributed by atoms with Crippen LogP contribution in [0.1, 0.15) is 56.6 Å². The molecule has 2 spiro atoms. The first-order valence-electron chi connectivity index (χ1n) is 13.5. The third kappa shape index (κ3) is 2.65. The van der Waals surface area contributed by atoms with Crippen LogP contribution < -0.4 is 15.2 Å². The van der Waals surface area contributed by atoms with E-state index in [1.807, 2.05) is 7.11 Å². The summed E-state index contributed by atoms with van der Waals surface area (Å²) in [6.45, 7) is 4.34. The van der Waals surface area contributed by atoms with Crippen LogP contribution in [-0.4, -0.2) is 68.6 Å². The number of nitrogens with zero attached hydrogens (tertiary/aromatic N) is 1. The number of piperidine rings is 1. The van der Waals surface area contributed by atoms with Crippen molar-refractivity contribution < 1.29 is 23.7 Å². The second-order valence-electron chi connectivity index (χ2n) is 12.1. The number of carbonyl (C=O) groups excluding carboxylic acids is 1. The Morgan fingerprint density at radius 2 is 2.09 bits per heavy atom. The average molecular weight is 483 g/mol. The maximum Gasteiger partial charge on any atom is 0.322 e. The van der Waals surface area contributed by atoms with Gasteiger partial charge < -0.3 is 24.7 Å². The minimum atomic E-state index is -0.624. The summed E-state index contributed by atoms with van der Waals surface area (Å²) in [4.78, 5) is 15.2. The van der Waals surface area contributed by atoms with Gasteiger partial charge in [0, 0.05) is 42.0 Å². The van der Waals surface area contributed by atoms with Crippen molar-refractivity contribution in [2.45, 2.75) is 81.1 Å². The summed E-state index contributed by atoms with van der Waals surface area (Å²) in [6, 6.07) is 4.23. The van der Waals surface area contributed by atoms with Crippen molar-refractivity contribution in [3.63, 3.8) is 0 Å². The van der Waals surface area contributed by atoms with E-state index < -0.39 is 11.6 Å². The zero-order valence-corrected chi connectivity index (χ0v) is 21.2. The van der Waals surface area contributed by atoms with Gasteiger partial charge in [0.15, 0.2) is 11.5 Å². The van der Waals surface area contributed by atoms with Crippen LogP contribution in [0, 0.1) is 17.3 Å². The van der Waals surface area contributed by atoms with Crippen LogP contribution in [0.5, 0.6) is 11.5 Å². The van der Waals surface area contributed by atoms with Gasteiger partial charge in [-0.3, -0.25) is 9.69 Å². The summed E-state index contributed by atoms with van der Waals surface area (Å²) in [7, 11) is 3.56. The van der Waals surface area contributed by atoms with Gasteiger partial charge in [0.2, 0.25) is 0 Å². The highest BCUT2D eigenvalue weighted by Gasteiger charge is 2.80. The van der Waals surface area contributed by atoms with E-state index in [1.54, 1.807) is 14.0 Å². The Kier molecular flexibility index (Phi) is 4.70. The molecule has 2 heterocycles. The minimum Gasteiger partial charge on any atom is -0.493 e. The monoisotopic (exact) mass is 482 g/mol. The first-order chi connectivity index (χ1) is 16.9. The van der Waals surface area contributed by atoms with Gasteiger partial charge in [0.05, 0.1) is 13.7 Å². The second-order valence-corrected chi connectivity index (χ2v) is 12.1. The molecule has 0 radical (unpaired) electrons. The lowest BCUT2D eigenvalue weighted by atomic mass is 9.35. The van der Waals surface area contributed by atoms with Gasteiger partial charge in [0.1, 0.15) is 17.7 Å². The molecule has 35 heavy (non-hydrogen) atoms. The Labute approximate surface area is 207 Å². The number of carbonyl (C=O) groups is 1. The van der Waals surface area contributed by atoms with Crippen LogP contribution in [0.4, 0.5) is 0 Å². The number of benzene rings is 1. The van der Waals surface area contributed by atoms with Crippen molar-refractivity contribution >= 4 is 5.97 Å². The van der Waals surface area contributed by atoms with E-state index in [2.05, 4.69) is 17.0 Å². The number of hydrogen-bond acceptors (Lipinski definition) is 7. The molecule has 2 N–H and O–H groups in total. The Balaban J connectivity index is 1.38. The van der Waals surface area contributed by atoms with E-state index >= 15 is 0 Å². The molecule has 0 aromatic heterocycles. The first-order valence-corrected chi connectivity index (χ1v) is 13.5. The smallest absolute Gasteiger partial charge is 0.322 e. The quantitative estimate of drug-likeness (QED) is 0.599. The molecule has 4 saturated carbocycles. The summed E-state index contributed by atoms with van der Waals surface area (Å²) in [6.07, 6.45) is 7.83. The number of nitrogens with two attached hydrogens (primary N) is 1. The van der Waals surface area contributed by atoms with E-state index in [1.165, 1.54) is 30.5 Å². The number of esters is 1. The highest BCUT2D eigenvalue weighted by atomic mass is 16.6. The van der Waals surface area contributed by atoms with Gasteiger partial charge in [-0.1, -0.05) is 6.07 Å². The topological polar surface area (TPSA) is 83.2 Å². The number of fused-ring (bicyclic) bond motifs is 2. The normalized spacial score (nSPS) is 41.2. The zero-order valence-electron chi connectivity index (χ0n) is 21.2. The largest absolute Gasteiger partial charge is 0.493 e. The molecule has 7 heteroatoms. The second kappa shape index (κ2) is 7.36. The van der Waals surface area contributed by atoms with E-state index in [-0.39, 0.29) is 28.8 Å². The number of hydrogen-bond donors (Lipinski definition) is 1. The van der Waals surface area contributed by atoms with Gasteiger partial charge in [0.25, 0.3) is 0 Å². The molecule has 1 aromatic rings. The Bertz CT molecular complexity index is 1070. The van der Waals surface area contributed by atoms with Crippen LogP contribution in [-0.2, 0) is 26.1 Å². The van der Waals surface area contributed by atoms with Gasteiger partial charge in [-0.05, 0) is 76.0 Å². The maximum atomic E-state index is 12.4. The lowest BCUT2D eigenvalue weighted by molar-refractivity contribution is -0.282. The lowest BCUT2D eigenvalue weighted by Crippen LogP contribution is -2.81. The molecule has 4 bridgehead atoms. The van der Waals surface area contributed by atoms with E-state index in [0.717, 1.165) is 56.1 Å². The maximum absolute atomic E-state index is 12.4. The summed E-state index contributed by atoms with van der Waals surface area (Å²) >= 11 is 0. The average Bonchev–Trinajstić information content (AvgIpc) is 3.61. The molecule has 7 atom stereocenters. The van der Waals surface area contributed by atoms with Crippen molar-refractivity contribution in [2.75, 3.05) is 33.9 Å². The molecular weight excluding hydrogens is 444 g/mol. The van der Waals surface area contributed by atoms with Gasteiger partial charge >= 0.3 is 5.97 Å². The summed E-state index contributed by atoms with van der Waals surface area (Å²) < 4.78 is 25.1. The standard InChI is InChI=1S/C28H38N2O5/c1-16(29)24(31)34-15-19-13-26-8-9-28(19,33-3)25-27(26)10-11-30(14-17-4-5-17)21(26)12-18-6-7-20(32-2)23(35-25)22(18)27/h6-7,16-17,19,21,25H,4-5,8-15,29H2,1-3H3/t16?,19-,21-,25-,26-,27+,28-/m1/s1. The lowest BCUT2D eigenvalue weighted by Gasteiger charge is -2.73. The fourth-order valence-electron chi connectivity index (χ4n) is 9.21. The highest BCUT2D eigenvalue weighted by molar-refractivity contribution is 5.75. The molecule has 7 aliphatic rings. The van der Waals surface area contributed by atoms with E-state index in [9.17, 15) is 4.79 Å². The van der Waals surface area contributed by atoms with Crippen LogP contribution in [0.2, 0.25) is 0 Å².